The van der Waals surface area contributed by atoms with Gasteiger partial charge in [0.1, 0.15) is 11.2 Å². The number of nitrogens with zero attached hydrogens (tertiary/aromatic N) is 1. The van der Waals surface area contributed by atoms with Crippen LogP contribution in [0.1, 0.15) is 0 Å². The highest BCUT2D eigenvalue weighted by Gasteiger charge is 2.18. The van der Waals surface area contributed by atoms with E-state index in [1.54, 1.807) is 0 Å². The van der Waals surface area contributed by atoms with Crippen molar-refractivity contribution in [3.05, 3.63) is 138 Å². The quantitative estimate of drug-likeness (QED) is 0.209. The van der Waals surface area contributed by atoms with Gasteiger partial charge in [-0.25, -0.2) is 0 Å². The van der Waals surface area contributed by atoms with Crippen molar-refractivity contribution < 1.29 is 4.42 Å². The molecule has 0 saturated carbocycles. The number of hydrogen-bond acceptors (Lipinski definition) is 1. The lowest BCUT2D eigenvalue weighted by Gasteiger charge is -2.10. The Balaban J connectivity index is 1.37. The van der Waals surface area contributed by atoms with Gasteiger partial charge in [-0.05, 0) is 76.9 Å². The summed E-state index contributed by atoms with van der Waals surface area (Å²) in [5.74, 6) is 0. The van der Waals surface area contributed by atoms with Crippen molar-refractivity contribution in [2.75, 3.05) is 0 Å². The van der Waals surface area contributed by atoms with Crippen molar-refractivity contribution in [2.45, 2.75) is 0 Å². The molecule has 2 heterocycles. The van der Waals surface area contributed by atoms with Gasteiger partial charge >= 0.3 is 0 Å². The third kappa shape index (κ3) is 3.54. The summed E-state index contributed by atoms with van der Waals surface area (Å²) < 4.78 is 9.70. The van der Waals surface area contributed by atoms with Crippen LogP contribution >= 0.6 is 15.9 Å². The lowest BCUT2D eigenvalue weighted by Crippen LogP contribution is -1.94. The summed E-state index contributed by atoms with van der Waals surface area (Å²) in [7, 11) is 0. The predicted octanol–water partition coefficient (Wildman–Crippen LogP) is 10.8. The average molecular weight is 564 g/mol. The average Bonchev–Trinajstić information content (AvgIpc) is 3.53. The number of rotatable bonds is 3. The van der Waals surface area contributed by atoms with Gasteiger partial charge in [0, 0.05) is 20.6 Å². The van der Waals surface area contributed by atoms with Gasteiger partial charge in [0.2, 0.25) is 0 Å². The third-order valence-corrected chi connectivity index (χ3v) is 8.14. The van der Waals surface area contributed by atoms with Crippen LogP contribution in [0.4, 0.5) is 0 Å². The van der Waals surface area contributed by atoms with Gasteiger partial charge in [-0.2, -0.15) is 0 Å². The molecule has 3 heteroatoms. The Bertz CT molecular complexity index is 2200. The van der Waals surface area contributed by atoms with E-state index in [0.717, 1.165) is 32.1 Å². The van der Waals surface area contributed by atoms with Crippen molar-refractivity contribution in [3.8, 4) is 27.9 Å². The largest absolute Gasteiger partial charge is 0.456 e. The molecule has 0 unspecified atom stereocenters. The van der Waals surface area contributed by atoms with Crippen LogP contribution in [0.15, 0.2) is 142 Å². The minimum atomic E-state index is 0.903. The van der Waals surface area contributed by atoms with Crippen molar-refractivity contribution in [3.63, 3.8) is 0 Å². The summed E-state index contributed by atoms with van der Waals surface area (Å²) in [5.41, 5.74) is 10.1. The highest BCUT2D eigenvalue weighted by atomic mass is 79.9. The van der Waals surface area contributed by atoms with Crippen LogP contribution in [-0.2, 0) is 0 Å². The van der Waals surface area contributed by atoms with Crippen LogP contribution in [0.25, 0.3) is 71.7 Å². The summed E-state index contributed by atoms with van der Waals surface area (Å²) in [4.78, 5) is 0. The summed E-state index contributed by atoms with van der Waals surface area (Å²) in [6, 6.07) is 47.4. The molecule has 8 aromatic rings. The van der Waals surface area contributed by atoms with Gasteiger partial charge in [0.15, 0.2) is 0 Å². The highest BCUT2D eigenvalue weighted by molar-refractivity contribution is 9.10. The maximum atomic E-state index is 6.23. The van der Waals surface area contributed by atoms with E-state index in [1.807, 2.05) is 12.1 Å². The summed E-state index contributed by atoms with van der Waals surface area (Å²) in [6.07, 6.45) is 0. The standard InChI is InChI=1S/C36H22BrNO/c37-27-11-6-10-25(21-27)23-8-5-9-24(20-23)26-18-19-32-30(22-26)28-12-1-3-14-31(28)38(32)33-15-7-17-35-36(33)29-13-2-4-16-34(29)39-35/h1-22H. The molecule has 0 radical (unpaired) electrons. The first kappa shape index (κ1) is 22.4. The van der Waals surface area contributed by atoms with Crippen molar-refractivity contribution in [1.29, 1.82) is 0 Å². The Labute approximate surface area is 233 Å². The van der Waals surface area contributed by atoms with E-state index in [1.165, 1.54) is 44.1 Å². The molecular formula is C36H22BrNO. The first-order chi connectivity index (χ1) is 19.2. The van der Waals surface area contributed by atoms with Crippen LogP contribution < -0.4 is 0 Å². The van der Waals surface area contributed by atoms with Gasteiger partial charge in [0.05, 0.1) is 22.1 Å². The van der Waals surface area contributed by atoms with Crippen molar-refractivity contribution in [2.24, 2.45) is 0 Å². The zero-order chi connectivity index (χ0) is 25.9. The molecule has 0 saturated heterocycles. The minimum absolute atomic E-state index is 0.903. The molecule has 0 fully saturated rings. The van der Waals surface area contributed by atoms with Gasteiger partial charge in [-0.3, -0.25) is 0 Å². The van der Waals surface area contributed by atoms with Gasteiger partial charge < -0.3 is 8.98 Å². The molecule has 0 atom stereocenters. The maximum Gasteiger partial charge on any atom is 0.137 e. The summed E-state index contributed by atoms with van der Waals surface area (Å²) in [5, 5.41) is 4.75. The summed E-state index contributed by atoms with van der Waals surface area (Å²) >= 11 is 3.61. The molecule has 8 rings (SSSR count). The SMILES string of the molecule is Brc1cccc(-c2cccc(-c3ccc4c(c3)c3ccccc3n4-c3cccc4oc5ccccc5c34)c2)c1. The monoisotopic (exact) mass is 563 g/mol. The third-order valence-electron chi connectivity index (χ3n) is 7.65. The molecule has 2 nitrogen and oxygen atoms in total. The van der Waals surface area contributed by atoms with Crippen molar-refractivity contribution >= 4 is 59.7 Å². The Morgan fingerprint density at radius 2 is 1.10 bits per heavy atom. The van der Waals surface area contributed by atoms with E-state index in [-0.39, 0.29) is 0 Å². The minimum Gasteiger partial charge on any atom is -0.456 e. The number of hydrogen-bond donors (Lipinski definition) is 0. The number of benzene rings is 6. The Hall–Kier alpha value is -4.60. The molecule has 0 spiro atoms. The zero-order valence-corrected chi connectivity index (χ0v) is 22.5. The highest BCUT2D eigenvalue weighted by Crippen LogP contribution is 2.40. The van der Waals surface area contributed by atoms with E-state index in [9.17, 15) is 0 Å². The first-order valence-electron chi connectivity index (χ1n) is 13.0. The molecule has 0 N–H and O–H groups in total. The fourth-order valence-corrected chi connectivity index (χ4v) is 6.30. The molecular weight excluding hydrogens is 542 g/mol. The number of aromatic nitrogens is 1. The normalized spacial score (nSPS) is 11.7. The predicted molar refractivity (Wildman–Crippen MR) is 167 cm³/mol. The molecule has 0 bridgehead atoms. The zero-order valence-electron chi connectivity index (χ0n) is 20.9. The van der Waals surface area contributed by atoms with Gasteiger partial charge in [-0.1, -0.05) is 94.8 Å². The number of halogens is 1. The first-order valence-corrected chi connectivity index (χ1v) is 13.8. The van der Waals surface area contributed by atoms with Gasteiger partial charge in [0.25, 0.3) is 0 Å². The number of fused-ring (bicyclic) bond motifs is 6. The van der Waals surface area contributed by atoms with Crippen molar-refractivity contribution in [1.82, 2.24) is 4.57 Å². The number of furan rings is 1. The second-order valence-corrected chi connectivity index (χ2v) is 10.8. The van der Waals surface area contributed by atoms with E-state index in [0.29, 0.717) is 0 Å². The lowest BCUT2D eigenvalue weighted by molar-refractivity contribution is 0.669. The van der Waals surface area contributed by atoms with Crippen LogP contribution in [0.2, 0.25) is 0 Å². The van der Waals surface area contributed by atoms with Crippen LogP contribution in [-0.4, -0.2) is 4.57 Å². The molecule has 0 aliphatic carbocycles. The Morgan fingerprint density at radius 3 is 1.95 bits per heavy atom. The Morgan fingerprint density at radius 1 is 0.462 bits per heavy atom. The fourth-order valence-electron chi connectivity index (χ4n) is 5.90. The molecule has 2 aromatic heterocycles. The number of para-hydroxylation sites is 2. The van der Waals surface area contributed by atoms with Crippen LogP contribution in [0.3, 0.4) is 0 Å². The van der Waals surface area contributed by atoms with E-state index >= 15 is 0 Å². The maximum absolute atomic E-state index is 6.23. The second-order valence-electron chi connectivity index (χ2n) is 9.92. The van der Waals surface area contributed by atoms with E-state index in [2.05, 4.69) is 142 Å². The summed E-state index contributed by atoms with van der Waals surface area (Å²) in [6.45, 7) is 0. The topological polar surface area (TPSA) is 18.1 Å². The van der Waals surface area contributed by atoms with Crippen LogP contribution in [0.5, 0.6) is 0 Å². The molecule has 39 heavy (non-hydrogen) atoms. The second kappa shape index (κ2) is 8.72. The van der Waals surface area contributed by atoms with E-state index < -0.39 is 0 Å². The van der Waals surface area contributed by atoms with E-state index in [4.69, 9.17) is 4.42 Å². The Kier molecular flexibility index (Phi) is 5.01. The fraction of sp³-hybridized carbons (Fsp3) is 0. The smallest absolute Gasteiger partial charge is 0.137 e. The molecule has 0 aliphatic rings. The van der Waals surface area contributed by atoms with Gasteiger partial charge in [-0.15, -0.1) is 0 Å². The molecule has 6 aromatic carbocycles. The lowest BCUT2D eigenvalue weighted by atomic mass is 9.98. The molecule has 0 amide bonds. The molecule has 0 aliphatic heterocycles. The molecule has 184 valence electrons. The van der Waals surface area contributed by atoms with Crippen LogP contribution in [0, 0.1) is 0 Å².